The number of allylic oxidation sites excluding steroid dienone is 2. The zero-order chi connectivity index (χ0) is 19.7. The minimum absolute atomic E-state index is 0.197. The van der Waals surface area contributed by atoms with Crippen molar-refractivity contribution < 1.29 is 0 Å². The van der Waals surface area contributed by atoms with Crippen molar-refractivity contribution in [3.8, 4) is 0 Å². The van der Waals surface area contributed by atoms with E-state index in [1.54, 1.807) is 0 Å². The molecule has 0 atom stereocenters. The van der Waals surface area contributed by atoms with E-state index in [1.165, 1.54) is 11.1 Å². The fraction of sp³-hybridized carbons (Fsp3) is 0.200. The predicted octanol–water partition coefficient (Wildman–Crippen LogP) is 5.89. The molecular weight excluding hydrogens is 328 g/mol. The highest BCUT2D eigenvalue weighted by atomic mass is 15.1. The Morgan fingerprint density at radius 3 is 1.56 bits per heavy atom. The normalized spacial score (nSPS) is 10.8. The van der Waals surface area contributed by atoms with Crippen LogP contribution in [0.2, 0.25) is 0 Å². The van der Waals surface area contributed by atoms with Gasteiger partial charge in [0.25, 0.3) is 0 Å². The first kappa shape index (κ1) is 20.3. The summed E-state index contributed by atoms with van der Waals surface area (Å²) in [6.45, 7) is 17.3. The van der Waals surface area contributed by atoms with E-state index in [0.29, 0.717) is 0 Å². The van der Waals surface area contributed by atoms with Crippen LogP contribution in [-0.4, -0.2) is 13.1 Å². The highest BCUT2D eigenvalue weighted by Gasteiger charge is 2.32. The molecule has 0 unspecified atom stereocenters. The van der Waals surface area contributed by atoms with Crippen LogP contribution in [0.25, 0.3) is 0 Å². The summed E-state index contributed by atoms with van der Waals surface area (Å²) in [5, 5.41) is 0. The first-order valence-corrected chi connectivity index (χ1v) is 9.26. The Morgan fingerprint density at radius 1 is 0.704 bits per heavy atom. The van der Waals surface area contributed by atoms with Crippen LogP contribution in [0.1, 0.15) is 24.0 Å². The van der Waals surface area contributed by atoms with Crippen LogP contribution >= 0.6 is 0 Å². The van der Waals surface area contributed by atoms with Crippen LogP contribution in [0.5, 0.6) is 0 Å². The second kappa shape index (κ2) is 9.63. The maximum Gasteiger partial charge on any atom is 0.0372 e. The SMILES string of the molecule is C=CCN(CC=C)c1ccc(C(CC=C)(CC=C)c2ccc(N)cc2)cc1. The van der Waals surface area contributed by atoms with Gasteiger partial charge in [0.15, 0.2) is 0 Å². The molecule has 2 aromatic carbocycles. The molecule has 0 aliphatic carbocycles. The average molecular weight is 359 g/mol. The molecule has 0 aliphatic heterocycles. The van der Waals surface area contributed by atoms with Gasteiger partial charge in [-0.25, -0.2) is 0 Å². The van der Waals surface area contributed by atoms with Crippen molar-refractivity contribution in [3.63, 3.8) is 0 Å². The van der Waals surface area contributed by atoms with Gasteiger partial charge in [0, 0.05) is 29.9 Å². The van der Waals surface area contributed by atoms with Crippen molar-refractivity contribution in [2.45, 2.75) is 18.3 Å². The van der Waals surface area contributed by atoms with Gasteiger partial charge < -0.3 is 10.6 Å². The minimum atomic E-state index is -0.197. The molecule has 140 valence electrons. The van der Waals surface area contributed by atoms with Crippen LogP contribution < -0.4 is 10.6 Å². The van der Waals surface area contributed by atoms with Gasteiger partial charge in [-0.1, -0.05) is 48.6 Å². The Morgan fingerprint density at radius 2 is 1.15 bits per heavy atom. The summed E-state index contributed by atoms with van der Waals surface area (Å²) in [4.78, 5) is 2.23. The summed E-state index contributed by atoms with van der Waals surface area (Å²) < 4.78 is 0. The Labute approximate surface area is 164 Å². The standard InChI is InChI=1S/C25H30N2/c1-5-17-25(18-6-2,21-9-13-23(26)14-10-21)22-11-15-24(16-12-22)27(19-7-3)20-8-4/h5-16H,1-4,17-20,26H2. The number of anilines is 2. The fourth-order valence-electron chi connectivity index (χ4n) is 3.60. The average Bonchev–Trinajstić information content (AvgIpc) is 2.68. The van der Waals surface area contributed by atoms with Crippen LogP contribution in [0.3, 0.4) is 0 Å². The molecule has 0 saturated carbocycles. The van der Waals surface area contributed by atoms with Crippen molar-refractivity contribution in [2.75, 3.05) is 23.7 Å². The number of nitrogens with zero attached hydrogens (tertiary/aromatic N) is 1. The number of benzene rings is 2. The molecule has 2 aromatic rings. The van der Waals surface area contributed by atoms with E-state index < -0.39 is 0 Å². The summed E-state index contributed by atoms with van der Waals surface area (Å²) in [7, 11) is 0. The Bertz CT molecular complexity index is 749. The molecule has 0 amide bonds. The summed E-state index contributed by atoms with van der Waals surface area (Å²) in [5.41, 5.74) is 10.1. The highest BCUT2D eigenvalue weighted by Crippen LogP contribution is 2.40. The molecule has 0 aromatic heterocycles. The maximum atomic E-state index is 5.90. The van der Waals surface area contributed by atoms with Crippen molar-refractivity contribution in [1.29, 1.82) is 0 Å². The van der Waals surface area contributed by atoms with Crippen molar-refractivity contribution in [1.82, 2.24) is 0 Å². The molecule has 0 bridgehead atoms. The molecule has 0 aliphatic rings. The second-order valence-corrected chi connectivity index (χ2v) is 6.72. The Balaban J connectivity index is 2.50. The summed E-state index contributed by atoms with van der Waals surface area (Å²) in [6, 6.07) is 16.9. The van der Waals surface area contributed by atoms with Crippen LogP contribution in [0.4, 0.5) is 11.4 Å². The Hall–Kier alpha value is -3.00. The quantitative estimate of drug-likeness (QED) is 0.401. The van der Waals surface area contributed by atoms with Crippen molar-refractivity contribution >= 4 is 11.4 Å². The van der Waals surface area contributed by atoms with E-state index in [0.717, 1.165) is 37.3 Å². The van der Waals surface area contributed by atoms with E-state index in [2.05, 4.69) is 67.6 Å². The second-order valence-electron chi connectivity index (χ2n) is 6.72. The number of nitrogens with two attached hydrogens (primary N) is 1. The van der Waals surface area contributed by atoms with Gasteiger partial charge in [0.2, 0.25) is 0 Å². The smallest absolute Gasteiger partial charge is 0.0372 e. The van der Waals surface area contributed by atoms with Gasteiger partial charge >= 0.3 is 0 Å². The predicted molar refractivity (Wildman–Crippen MR) is 120 cm³/mol. The van der Waals surface area contributed by atoms with Gasteiger partial charge in [0.05, 0.1) is 0 Å². The molecule has 2 heteroatoms. The molecule has 27 heavy (non-hydrogen) atoms. The fourth-order valence-corrected chi connectivity index (χ4v) is 3.60. The third-order valence-electron chi connectivity index (χ3n) is 4.93. The van der Waals surface area contributed by atoms with Crippen molar-refractivity contribution in [3.05, 3.63) is 110 Å². The zero-order valence-corrected chi connectivity index (χ0v) is 16.1. The van der Waals surface area contributed by atoms with E-state index in [9.17, 15) is 0 Å². The third-order valence-corrected chi connectivity index (χ3v) is 4.93. The van der Waals surface area contributed by atoms with Crippen LogP contribution in [0, 0.1) is 0 Å². The van der Waals surface area contributed by atoms with Gasteiger partial charge in [0.1, 0.15) is 0 Å². The maximum absolute atomic E-state index is 5.90. The van der Waals surface area contributed by atoms with E-state index in [-0.39, 0.29) is 5.41 Å². The zero-order valence-electron chi connectivity index (χ0n) is 16.1. The van der Waals surface area contributed by atoms with Crippen LogP contribution in [0.15, 0.2) is 99.2 Å². The number of nitrogen functional groups attached to an aromatic ring is 1. The summed E-state index contributed by atoms with van der Waals surface area (Å²) in [6.07, 6.45) is 9.43. The van der Waals surface area contributed by atoms with E-state index in [4.69, 9.17) is 5.73 Å². The van der Waals surface area contributed by atoms with E-state index >= 15 is 0 Å². The first-order valence-electron chi connectivity index (χ1n) is 9.26. The molecule has 0 radical (unpaired) electrons. The van der Waals surface area contributed by atoms with E-state index in [1.807, 2.05) is 36.4 Å². The monoisotopic (exact) mass is 358 g/mol. The molecular formula is C25H30N2. The first-order chi connectivity index (χ1) is 13.1. The van der Waals surface area contributed by atoms with Crippen LogP contribution in [-0.2, 0) is 5.41 Å². The Kier molecular flexibility index (Phi) is 7.25. The largest absolute Gasteiger partial charge is 0.399 e. The lowest BCUT2D eigenvalue weighted by Crippen LogP contribution is -2.27. The van der Waals surface area contributed by atoms with Gasteiger partial charge in [-0.3, -0.25) is 0 Å². The lowest BCUT2D eigenvalue weighted by molar-refractivity contribution is 0.529. The lowest BCUT2D eigenvalue weighted by Gasteiger charge is -2.34. The van der Waals surface area contributed by atoms with Gasteiger partial charge in [-0.05, 0) is 48.2 Å². The molecule has 0 saturated heterocycles. The third kappa shape index (κ3) is 4.59. The van der Waals surface area contributed by atoms with Crippen molar-refractivity contribution in [2.24, 2.45) is 0 Å². The summed E-state index contributed by atoms with van der Waals surface area (Å²) >= 11 is 0. The highest BCUT2D eigenvalue weighted by molar-refractivity contribution is 5.53. The lowest BCUT2D eigenvalue weighted by atomic mass is 9.69. The molecule has 2 nitrogen and oxygen atoms in total. The number of hydrogen-bond acceptors (Lipinski definition) is 2. The molecule has 0 fully saturated rings. The minimum Gasteiger partial charge on any atom is -0.399 e. The summed E-state index contributed by atoms with van der Waals surface area (Å²) in [5.74, 6) is 0. The van der Waals surface area contributed by atoms with Gasteiger partial charge in [-0.15, -0.1) is 26.3 Å². The number of hydrogen-bond donors (Lipinski definition) is 1. The molecule has 0 spiro atoms. The topological polar surface area (TPSA) is 29.3 Å². The van der Waals surface area contributed by atoms with Gasteiger partial charge in [-0.2, -0.15) is 0 Å². The number of rotatable bonds is 11. The molecule has 2 N–H and O–H groups in total. The molecule has 0 heterocycles. The molecule has 2 rings (SSSR count).